The molecular formula is C16H23FN2O2. The highest BCUT2D eigenvalue weighted by molar-refractivity contribution is 5.77. The van der Waals surface area contributed by atoms with Crippen molar-refractivity contribution < 1.29 is 13.9 Å². The molecule has 1 aliphatic rings. The minimum atomic E-state index is -0.367. The monoisotopic (exact) mass is 294 g/mol. The fourth-order valence-electron chi connectivity index (χ4n) is 2.57. The van der Waals surface area contributed by atoms with Crippen LogP contribution in [-0.4, -0.2) is 36.5 Å². The lowest BCUT2D eigenvalue weighted by Crippen LogP contribution is -2.38. The van der Waals surface area contributed by atoms with E-state index >= 15 is 0 Å². The predicted molar refractivity (Wildman–Crippen MR) is 79.7 cm³/mol. The van der Waals surface area contributed by atoms with E-state index in [4.69, 9.17) is 10.5 Å². The first-order valence-electron chi connectivity index (χ1n) is 7.50. The van der Waals surface area contributed by atoms with Gasteiger partial charge in [0.05, 0.1) is 0 Å². The zero-order valence-electron chi connectivity index (χ0n) is 12.5. The molecule has 0 saturated carbocycles. The third-order valence-corrected chi connectivity index (χ3v) is 3.56. The second-order valence-corrected chi connectivity index (χ2v) is 5.71. The van der Waals surface area contributed by atoms with Crippen LogP contribution in [-0.2, 0) is 11.2 Å². The van der Waals surface area contributed by atoms with Gasteiger partial charge in [-0.1, -0.05) is 0 Å². The molecule has 1 fully saturated rings. The summed E-state index contributed by atoms with van der Waals surface area (Å²) in [4.78, 5) is 13.8. The van der Waals surface area contributed by atoms with Crippen molar-refractivity contribution in [3.63, 3.8) is 0 Å². The molecule has 1 atom stereocenters. The highest BCUT2D eigenvalue weighted by Gasteiger charge is 2.17. The van der Waals surface area contributed by atoms with Gasteiger partial charge in [-0.3, -0.25) is 4.79 Å². The average Bonchev–Trinajstić information content (AvgIpc) is 2.44. The normalized spacial score (nSPS) is 16.6. The third-order valence-electron chi connectivity index (χ3n) is 3.56. The summed E-state index contributed by atoms with van der Waals surface area (Å²) in [6.45, 7) is 3.41. The number of hydrogen-bond acceptors (Lipinski definition) is 3. The van der Waals surface area contributed by atoms with Crippen LogP contribution in [0.3, 0.4) is 0 Å². The lowest BCUT2D eigenvalue weighted by Gasteiger charge is -2.26. The van der Waals surface area contributed by atoms with Crippen molar-refractivity contribution >= 4 is 5.91 Å². The molecule has 5 heteroatoms. The molecule has 0 aromatic heterocycles. The fourth-order valence-corrected chi connectivity index (χ4v) is 2.57. The maximum Gasteiger partial charge on any atom is 0.260 e. The Bertz CT molecular complexity index is 485. The Balaban J connectivity index is 1.92. The van der Waals surface area contributed by atoms with Crippen LogP contribution in [0.1, 0.15) is 31.7 Å². The number of halogens is 1. The number of carbonyl (C=O) groups is 1. The first-order valence-corrected chi connectivity index (χ1v) is 7.50. The quantitative estimate of drug-likeness (QED) is 0.905. The SMILES string of the molecule is CC(N)Cc1cc(F)cc(OCC(=O)N2CCCCC2)c1. The van der Waals surface area contributed by atoms with E-state index in [2.05, 4.69) is 0 Å². The topological polar surface area (TPSA) is 55.6 Å². The summed E-state index contributed by atoms with van der Waals surface area (Å²) < 4.78 is 19.0. The predicted octanol–water partition coefficient (Wildman–Crippen LogP) is 2.11. The molecule has 1 aliphatic heterocycles. The van der Waals surface area contributed by atoms with Crippen molar-refractivity contribution in [1.29, 1.82) is 0 Å². The molecule has 0 radical (unpaired) electrons. The zero-order valence-corrected chi connectivity index (χ0v) is 12.5. The number of piperidine rings is 1. The summed E-state index contributed by atoms with van der Waals surface area (Å²) in [6, 6.07) is 4.45. The molecule has 1 amide bonds. The van der Waals surface area contributed by atoms with Gasteiger partial charge in [0.1, 0.15) is 11.6 Å². The molecule has 21 heavy (non-hydrogen) atoms. The van der Waals surface area contributed by atoms with Gasteiger partial charge in [0.25, 0.3) is 5.91 Å². The maximum atomic E-state index is 13.5. The van der Waals surface area contributed by atoms with Crippen LogP contribution in [0.2, 0.25) is 0 Å². The number of nitrogens with two attached hydrogens (primary N) is 1. The van der Waals surface area contributed by atoms with Crippen LogP contribution < -0.4 is 10.5 Å². The van der Waals surface area contributed by atoms with Crippen molar-refractivity contribution in [3.05, 3.63) is 29.6 Å². The molecule has 116 valence electrons. The molecule has 2 rings (SSSR count). The molecule has 0 aliphatic carbocycles. The second kappa shape index (κ2) is 7.41. The lowest BCUT2D eigenvalue weighted by molar-refractivity contribution is -0.134. The van der Waals surface area contributed by atoms with Crippen LogP contribution in [0.25, 0.3) is 0 Å². The van der Waals surface area contributed by atoms with Gasteiger partial charge in [0.15, 0.2) is 6.61 Å². The molecule has 1 unspecified atom stereocenters. The molecule has 4 nitrogen and oxygen atoms in total. The highest BCUT2D eigenvalue weighted by atomic mass is 19.1. The summed E-state index contributed by atoms with van der Waals surface area (Å²) in [5.41, 5.74) is 6.50. The minimum absolute atomic E-state index is 0.0345. The number of carbonyl (C=O) groups excluding carboxylic acids is 1. The zero-order chi connectivity index (χ0) is 15.2. The van der Waals surface area contributed by atoms with Gasteiger partial charge in [-0.2, -0.15) is 0 Å². The number of ether oxygens (including phenoxy) is 1. The number of hydrogen-bond donors (Lipinski definition) is 1. The largest absolute Gasteiger partial charge is 0.484 e. The smallest absolute Gasteiger partial charge is 0.260 e. The van der Waals surface area contributed by atoms with Gasteiger partial charge in [-0.15, -0.1) is 0 Å². The van der Waals surface area contributed by atoms with E-state index in [0.717, 1.165) is 31.5 Å². The number of amides is 1. The van der Waals surface area contributed by atoms with Crippen LogP contribution in [0, 0.1) is 5.82 Å². The Labute approximate surface area is 125 Å². The lowest BCUT2D eigenvalue weighted by atomic mass is 10.1. The Hall–Kier alpha value is -1.62. The maximum absolute atomic E-state index is 13.5. The van der Waals surface area contributed by atoms with Gasteiger partial charge < -0.3 is 15.4 Å². The van der Waals surface area contributed by atoms with Crippen molar-refractivity contribution in [2.75, 3.05) is 19.7 Å². The van der Waals surface area contributed by atoms with Gasteiger partial charge in [0, 0.05) is 25.2 Å². The molecule has 1 aromatic carbocycles. The van der Waals surface area contributed by atoms with Gasteiger partial charge >= 0.3 is 0 Å². The molecular weight excluding hydrogens is 271 g/mol. The first kappa shape index (κ1) is 15.8. The van der Waals surface area contributed by atoms with E-state index in [0.29, 0.717) is 12.2 Å². The van der Waals surface area contributed by atoms with Gasteiger partial charge in [-0.05, 0) is 50.3 Å². The Morgan fingerprint density at radius 2 is 2.05 bits per heavy atom. The third kappa shape index (κ3) is 5.01. The molecule has 0 spiro atoms. The van der Waals surface area contributed by atoms with E-state index in [-0.39, 0.29) is 24.4 Å². The van der Waals surface area contributed by atoms with Crippen LogP contribution in [0.15, 0.2) is 18.2 Å². The van der Waals surface area contributed by atoms with Crippen molar-refractivity contribution in [2.24, 2.45) is 5.73 Å². The van der Waals surface area contributed by atoms with Gasteiger partial charge in [0.2, 0.25) is 0 Å². The summed E-state index contributed by atoms with van der Waals surface area (Å²) in [7, 11) is 0. The minimum Gasteiger partial charge on any atom is -0.484 e. The van der Waals surface area contributed by atoms with E-state index in [1.54, 1.807) is 6.07 Å². The van der Waals surface area contributed by atoms with Crippen LogP contribution >= 0.6 is 0 Å². The average molecular weight is 294 g/mol. The summed E-state index contributed by atoms with van der Waals surface area (Å²) in [5, 5.41) is 0. The number of nitrogens with zero attached hydrogens (tertiary/aromatic N) is 1. The van der Waals surface area contributed by atoms with Crippen LogP contribution in [0.5, 0.6) is 5.75 Å². The molecule has 1 saturated heterocycles. The van der Waals surface area contributed by atoms with Crippen molar-refractivity contribution in [2.45, 2.75) is 38.6 Å². The first-order chi connectivity index (χ1) is 10.0. The van der Waals surface area contributed by atoms with E-state index in [1.807, 2.05) is 11.8 Å². The van der Waals surface area contributed by atoms with E-state index in [9.17, 15) is 9.18 Å². The molecule has 0 bridgehead atoms. The molecule has 2 N–H and O–H groups in total. The van der Waals surface area contributed by atoms with E-state index in [1.165, 1.54) is 18.6 Å². The summed E-state index contributed by atoms with van der Waals surface area (Å²) >= 11 is 0. The fraction of sp³-hybridized carbons (Fsp3) is 0.562. The molecule has 1 aromatic rings. The number of benzene rings is 1. The Morgan fingerprint density at radius 1 is 1.33 bits per heavy atom. The van der Waals surface area contributed by atoms with E-state index < -0.39 is 0 Å². The van der Waals surface area contributed by atoms with Crippen molar-refractivity contribution in [1.82, 2.24) is 4.90 Å². The Morgan fingerprint density at radius 3 is 2.71 bits per heavy atom. The summed E-state index contributed by atoms with van der Waals surface area (Å²) in [5.74, 6) is -0.0164. The van der Waals surface area contributed by atoms with Crippen molar-refractivity contribution in [3.8, 4) is 5.75 Å². The highest BCUT2D eigenvalue weighted by Crippen LogP contribution is 2.18. The molecule has 1 heterocycles. The standard InChI is InChI=1S/C16H23FN2O2/c1-12(18)7-13-8-14(17)10-15(9-13)21-11-16(20)19-5-3-2-4-6-19/h8-10,12H,2-7,11,18H2,1H3. The number of rotatable bonds is 5. The van der Waals surface area contributed by atoms with Gasteiger partial charge in [-0.25, -0.2) is 4.39 Å². The Kier molecular flexibility index (Phi) is 5.56. The second-order valence-electron chi connectivity index (χ2n) is 5.71. The summed E-state index contributed by atoms with van der Waals surface area (Å²) in [6.07, 6.45) is 3.85. The number of likely N-dealkylation sites (tertiary alicyclic amines) is 1. The van der Waals surface area contributed by atoms with Crippen LogP contribution in [0.4, 0.5) is 4.39 Å².